The molecule has 0 N–H and O–H groups in total. The molecule has 26 heavy (non-hydrogen) atoms. The van der Waals surface area contributed by atoms with Gasteiger partial charge < -0.3 is 9.47 Å². The van der Waals surface area contributed by atoms with E-state index in [2.05, 4.69) is 50.5 Å². The Balaban J connectivity index is 2.09. The van der Waals surface area contributed by atoms with Crippen molar-refractivity contribution in [3.05, 3.63) is 58.1 Å². The monoisotopic (exact) mass is 418 g/mol. The first kappa shape index (κ1) is 20.5. The molecule has 0 aromatic heterocycles. The number of esters is 1. The van der Waals surface area contributed by atoms with E-state index in [0.717, 1.165) is 22.2 Å². The van der Waals surface area contributed by atoms with Gasteiger partial charge in [-0.25, -0.2) is 4.79 Å². The lowest BCUT2D eigenvalue weighted by Crippen LogP contribution is -2.16. The van der Waals surface area contributed by atoms with Gasteiger partial charge in [-0.1, -0.05) is 50.5 Å². The molecule has 0 aliphatic rings. The molecule has 140 valence electrons. The van der Waals surface area contributed by atoms with Crippen LogP contribution in [0.25, 0.3) is 0 Å². The zero-order chi connectivity index (χ0) is 19.3. The predicted octanol–water partition coefficient (Wildman–Crippen LogP) is 6.39. The number of benzene rings is 2. The SMILES string of the molecule is CC(C)CCOc1ccc(C(=O)Oc2ccc(Br)cc2C(C)(C)C)cc1. The van der Waals surface area contributed by atoms with Crippen LogP contribution in [-0.4, -0.2) is 12.6 Å². The van der Waals surface area contributed by atoms with Crippen LogP contribution in [0.2, 0.25) is 0 Å². The molecule has 0 fully saturated rings. The fourth-order valence-corrected chi connectivity index (χ4v) is 2.80. The predicted molar refractivity (Wildman–Crippen MR) is 109 cm³/mol. The topological polar surface area (TPSA) is 35.5 Å². The fourth-order valence-electron chi connectivity index (χ4n) is 2.44. The Morgan fingerprint density at radius 3 is 2.31 bits per heavy atom. The van der Waals surface area contributed by atoms with E-state index in [1.165, 1.54) is 0 Å². The number of carbonyl (C=O) groups is 1. The van der Waals surface area contributed by atoms with Crippen LogP contribution < -0.4 is 9.47 Å². The molecule has 4 heteroatoms. The minimum atomic E-state index is -0.369. The number of hydrogen-bond donors (Lipinski definition) is 0. The third-order valence-electron chi connectivity index (χ3n) is 4.01. The van der Waals surface area contributed by atoms with Gasteiger partial charge in [0.2, 0.25) is 0 Å². The molecular formula is C22H27BrO3. The number of hydrogen-bond acceptors (Lipinski definition) is 3. The van der Waals surface area contributed by atoms with Gasteiger partial charge in [0, 0.05) is 10.0 Å². The minimum absolute atomic E-state index is 0.131. The Hall–Kier alpha value is -1.81. The Kier molecular flexibility index (Phi) is 6.87. The van der Waals surface area contributed by atoms with Crippen LogP contribution >= 0.6 is 15.9 Å². The van der Waals surface area contributed by atoms with Gasteiger partial charge in [0.25, 0.3) is 0 Å². The van der Waals surface area contributed by atoms with E-state index >= 15 is 0 Å². The molecule has 2 rings (SSSR count). The van der Waals surface area contributed by atoms with Crippen LogP contribution in [0.15, 0.2) is 46.9 Å². The quantitative estimate of drug-likeness (QED) is 0.402. The molecular weight excluding hydrogens is 392 g/mol. The van der Waals surface area contributed by atoms with E-state index in [1.54, 1.807) is 12.1 Å². The normalized spacial score (nSPS) is 11.5. The maximum atomic E-state index is 12.5. The summed E-state index contributed by atoms with van der Waals surface area (Å²) in [5.41, 5.74) is 1.35. The number of halogens is 1. The molecule has 0 amide bonds. The summed E-state index contributed by atoms with van der Waals surface area (Å²) in [7, 11) is 0. The Morgan fingerprint density at radius 1 is 1.08 bits per heavy atom. The lowest BCUT2D eigenvalue weighted by molar-refractivity contribution is 0.0732. The molecule has 0 unspecified atom stereocenters. The van der Waals surface area contributed by atoms with Crippen molar-refractivity contribution >= 4 is 21.9 Å². The number of ether oxygens (including phenoxy) is 2. The largest absolute Gasteiger partial charge is 0.494 e. The van der Waals surface area contributed by atoms with E-state index in [-0.39, 0.29) is 11.4 Å². The molecule has 2 aromatic carbocycles. The van der Waals surface area contributed by atoms with E-state index in [0.29, 0.717) is 23.8 Å². The first-order valence-corrected chi connectivity index (χ1v) is 9.71. The lowest BCUT2D eigenvalue weighted by atomic mass is 9.86. The van der Waals surface area contributed by atoms with Crippen LogP contribution in [0.3, 0.4) is 0 Å². The van der Waals surface area contributed by atoms with Crippen molar-refractivity contribution in [3.63, 3.8) is 0 Å². The summed E-state index contributed by atoms with van der Waals surface area (Å²) in [6.45, 7) is 11.3. The van der Waals surface area contributed by atoms with Crippen molar-refractivity contribution in [2.24, 2.45) is 5.92 Å². The van der Waals surface area contributed by atoms with Crippen molar-refractivity contribution < 1.29 is 14.3 Å². The zero-order valence-electron chi connectivity index (χ0n) is 16.1. The third-order valence-corrected chi connectivity index (χ3v) is 4.50. The van der Waals surface area contributed by atoms with Crippen molar-refractivity contribution in [1.82, 2.24) is 0 Å². The third kappa shape index (κ3) is 5.87. The molecule has 0 bridgehead atoms. The summed E-state index contributed by atoms with van der Waals surface area (Å²) in [5, 5.41) is 0. The van der Waals surface area contributed by atoms with Crippen molar-refractivity contribution in [3.8, 4) is 11.5 Å². The first-order valence-electron chi connectivity index (χ1n) is 8.92. The van der Waals surface area contributed by atoms with Crippen LogP contribution in [0.4, 0.5) is 0 Å². The van der Waals surface area contributed by atoms with E-state index in [4.69, 9.17) is 9.47 Å². The molecule has 0 spiro atoms. The summed E-state index contributed by atoms with van der Waals surface area (Å²) >= 11 is 3.48. The second-order valence-corrected chi connectivity index (χ2v) is 8.75. The summed E-state index contributed by atoms with van der Waals surface area (Å²) < 4.78 is 12.3. The van der Waals surface area contributed by atoms with Crippen LogP contribution in [0, 0.1) is 5.92 Å². The highest BCUT2D eigenvalue weighted by Gasteiger charge is 2.21. The number of carbonyl (C=O) groups excluding carboxylic acids is 1. The molecule has 3 nitrogen and oxygen atoms in total. The van der Waals surface area contributed by atoms with Crippen molar-refractivity contribution in [2.45, 2.75) is 46.5 Å². The highest BCUT2D eigenvalue weighted by atomic mass is 79.9. The molecule has 0 heterocycles. The second kappa shape index (κ2) is 8.72. The van der Waals surface area contributed by atoms with Gasteiger partial charge in [-0.05, 0) is 60.2 Å². The molecule has 0 aliphatic carbocycles. The highest BCUT2D eigenvalue weighted by Crippen LogP contribution is 2.34. The van der Waals surface area contributed by atoms with Crippen molar-refractivity contribution in [2.75, 3.05) is 6.61 Å². The zero-order valence-corrected chi connectivity index (χ0v) is 17.7. The maximum Gasteiger partial charge on any atom is 0.343 e. The standard InChI is InChI=1S/C22H27BrO3/c1-15(2)12-13-25-18-9-6-16(7-10-18)21(24)26-20-11-8-17(23)14-19(20)22(3,4)5/h6-11,14-15H,12-13H2,1-5H3. The summed E-state index contributed by atoms with van der Waals surface area (Å²) in [6, 6.07) is 12.8. The molecule has 0 atom stereocenters. The Bertz CT molecular complexity index is 743. The van der Waals surface area contributed by atoms with Gasteiger partial charge in [-0.3, -0.25) is 0 Å². The van der Waals surface area contributed by atoms with Crippen LogP contribution in [-0.2, 0) is 5.41 Å². The van der Waals surface area contributed by atoms with Crippen LogP contribution in [0.1, 0.15) is 57.0 Å². The van der Waals surface area contributed by atoms with Gasteiger partial charge in [-0.2, -0.15) is 0 Å². The maximum absolute atomic E-state index is 12.5. The average molecular weight is 419 g/mol. The molecule has 0 saturated carbocycles. The van der Waals surface area contributed by atoms with E-state index in [9.17, 15) is 4.79 Å². The van der Waals surface area contributed by atoms with Crippen molar-refractivity contribution in [1.29, 1.82) is 0 Å². The molecule has 0 saturated heterocycles. The fraction of sp³-hybridized carbons (Fsp3) is 0.409. The highest BCUT2D eigenvalue weighted by molar-refractivity contribution is 9.10. The summed E-state index contributed by atoms with van der Waals surface area (Å²) in [4.78, 5) is 12.5. The first-order chi connectivity index (χ1) is 12.2. The van der Waals surface area contributed by atoms with Gasteiger partial charge in [0.1, 0.15) is 11.5 Å². The molecule has 2 aromatic rings. The van der Waals surface area contributed by atoms with E-state index < -0.39 is 0 Å². The Labute approximate surface area is 164 Å². The summed E-state index contributed by atoms with van der Waals surface area (Å²) in [6.07, 6.45) is 1.00. The van der Waals surface area contributed by atoms with E-state index in [1.807, 2.05) is 30.3 Å². The average Bonchev–Trinajstić information content (AvgIpc) is 2.56. The van der Waals surface area contributed by atoms with Gasteiger partial charge >= 0.3 is 5.97 Å². The molecule has 0 aliphatic heterocycles. The smallest absolute Gasteiger partial charge is 0.343 e. The van der Waals surface area contributed by atoms with Gasteiger partial charge in [0.15, 0.2) is 0 Å². The minimum Gasteiger partial charge on any atom is -0.494 e. The van der Waals surface area contributed by atoms with Gasteiger partial charge in [-0.15, -0.1) is 0 Å². The summed E-state index contributed by atoms with van der Waals surface area (Å²) in [5.74, 6) is 1.59. The number of rotatable bonds is 6. The van der Waals surface area contributed by atoms with Gasteiger partial charge in [0.05, 0.1) is 12.2 Å². The lowest BCUT2D eigenvalue weighted by Gasteiger charge is -2.22. The Morgan fingerprint density at radius 2 is 1.73 bits per heavy atom. The van der Waals surface area contributed by atoms with Crippen LogP contribution in [0.5, 0.6) is 11.5 Å². The second-order valence-electron chi connectivity index (χ2n) is 7.84. The molecule has 0 radical (unpaired) electrons.